The minimum atomic E-state index is -0.294. The van der Waals surface area contributed by atoms with E-state index in [1.165, 1.54) is 4.88 Å². The first-order valence-corrected chi connectivity index (χ1v) is 11.5. The number of thiophene rings is 1. The quantitative estimate of drug-likeness (QED) is 0.586. The van der Waals surface area contributed by atoms with Crippen molar-refractivity contribution in [3.63, 3.8) is 0 Å². The Labute approximate surface area is 176 Å². The van der Waals surface area contributed by atoms with Crippen molar-refractivity contribution >= 4 is 27.5 Å². The van der Waals surface area contributed by atoms with Crippen LogP contribution < -0.4 is 10.9 Å². The van der Waals surface area contributed by atoms with Gasteiger partial charge in [-0.1, -0.05) is 5.21 Å². The molecule has 0 radical (unpaired) electrons. The fourth-order valence-electron chi connectivity index (χ4n) is 5.71. The minimum absolute atomic E-state index is 0.0379. The number of nitrogens with one attached hydrogen (secondary N) is 3. The summed E-state index contributed by atoms with van der Waals surface area (Å²) in [6.07, 6.45) is 9.17. The van der Waals surface area contributed by atoms with E-state index in [0.717, 1.165) is 69.2 Å². The van der Waals surface area contributed by atoms with Gasteiger partial charge in [0.25, 0.3) is 11.5 Å². The zero-order valence-corrected chi connectivity index (χ0v) is 17.4. The van der Waals surface area contributed by atoms with Gasteiger partial charge in [-0.3, -0.25) is 9.59 Å². The average molecular weight is 426 g/mol. The lowest BCUT2D eigenvalue weighted by Gasteiger charge is -2.52. The van der Waals surface area contributed by atoms with Gasteiger partial charge in [-0.2, -0.15) is 5.21 Å². The van der Waals surface area contributed by atoms with E-state index < -0.39 is 0 Å². The van der Waals surface area contributed by atoms with Crippen molar-refractivity contribution < 1.29 is 4.79 Å². The van der Waals surface area contributed by atoms with Gasteiger partial charge in [0.2, 0.25) is 5.82 Å². The highest BCUT2D eigenvalue weighted by atomic mass is 32.1. The molecule has 1 amide bonds. The SMILES string of the molecule is O=C(NCC12CCC(c3nn[nH]n3)(CC1)CC2)c1nc2sc3c(c2c(=O)[nH]1)CCC3. The third-order valence-corrected chi connectivity index (χ3v) is 8.82. The molecule has 9 nitrogen and oxygen atoms in total. The molecular formula is C20H23N7O2S. The number of H-pyrrole nitrogens is 2. The van der Waals surface area contributed by atoms with E-state index in [9.17, 15) is 9.59 Å². The van der Waals surface area contributed by atoms with Crippen molar-refractivity contribution in [3.05, 3.63) is 32.4 Å². The molecule has 0 aromatic carbocycles. The van der Waals surface area contributed by atoms with Crippen LogP contribution in [0, 0.1) is 5.41 Å². The molecule has 4 aliphatic rings. The molecule has 3 aromatic rings. The summed E-state index contributed by atoms with van der Waals surface area (Å²) in [4.78, 5) is 34.6. The summed E-state index contributed by atoms with van der Waals surface area (Å²) in [7, 11) is 0. The maximum Gasteiger partial charge on any atom is 0.287 e. The molecule has 3 aromatic heterocycles. The van der Waals surface area contributed by atoms with Gasteiger partial charge in [0.1, 0.15) is 4.83 Å². The highest BCUT2D eigenvalue weighted by Gasteiger charge is 2.51. The number of nitrogens with zero attached hydrogens (tertiary/aromatic N) is 4. The largest absolute Gasteiger partial charge is 0.349 e. The van der Waals surface area contributed by atoms with E-state index in [4.69, 9.17) is 0 Å². The predicted octanol–water partition coefficient (Wildman–Crippen LogP) is 2.01. The molecule has 3 saturated carbocycles. The lowest BCUT2D eigenvalue weighted by molar-refractivity contribution is 0.0344. The van der Waals surface area contributed by atoms with Crippen molar-refractivity contribution in [2.24, 2.45) is 5.41 Å². The van der Waals surface area contributed by atoms with Gasteiger partial charge in [0.05, 0.1) is 5.39 Å². The first-order chi connectivity index (χ1) is 14.6. The first-order valence-electron chi connectivity index (χ1n) is 10.6. The molecule has 3 heterocycles. The molecule has 30 heavy (non-hydrogen) atoms. The summed E-state index contributed by atoms with van der Waals surface area (Å²) < 4.78 is 0. The van der Waals surface area contributed by atoms with Crippen molar-refractivity contribution in [1.82, 2.24) is 35.9 Å². The highest BCUT2D eigenvalue weighted by Crippen LogP contribution is 2.56. The number of carbonyl (C=O) groups excluding carboxylic acids is 1. The van der Waals surface area contributed by atoms with Gasteiger partial charge in [0, 0.05) is 16.8 Å². The van der Waals surface area contributed by atoms with E-state index in [1.807, 2.05) is 0 Å². The Bertz CT molecular complexity index is 1170. The lowest BCUT2D eigenvalue weighted by Crippen LogP contribution is -2.49. The molecule has 10 heteroatoms. The summed E-state index contributed by atoms with van der Waals surface area (Å²) in [6.45, 7) is 0.608. The Hall–Kier alpha value is -2.62. The molecule has 0 spiro atoms. The zero-order chi connectivity index (χ0) is 20.3. The second kappa shape index (κ2) is 6.44. The molecule has 4 aliphatic carbocycles. The van der Waals surface area contributed by atoms with Crippen molar-refractivity contribution in [1.29, 1.82) is 0 Å². The zero-order valence-electron chi connectivity index (χ0n) is 16.6. The number of amides is 1. The minimum Gasteiger partial charge on any atom is -0.349 e. The van der Waals surface area contributed by atoms with Crippen LogP contribution in [0.5, 0.6) is 0 Å². The lowest BCUT2D eigenvalue weighted by atomic mass is 9.53. The smallest absolute Gasteiger partial charge is 0.287 e. The number of aromatic amines is 2. The molecule has 0 saturated heterocycles. The van der Waals surface area contributed by atoms with E-state index in [1.54, 1.807) is 11.3 Å². The second-order valence-electron chi connectivity index (χ2n) is 9.15. The second-order valence-corrected chi connectivity index (χ2v) is 10.2. The fourth-order valence-corrected chi connectivity index (χ4v) is 6.97. The van der Waals surface area contributed by atoms with Crippen LogP contribution >= 0.6 is 11.3 Å². The van der Waals surface area contributed by atoms with Gasteiger partial charge in [-0.05, 0) is 68.8 Å². The van der Waals surface area contributed by atoms with Gasteiger partial charge in [-0.25, -0.2) is 4.98 Å². The third-order valence-electron chi connectivity index (χ3n) is 7.64. The van der Waals surface area contributed by atoms with E-state index in [-0.39, 0.29) is 28.1 Å². The normalized spacial score (nSPS) is 27.5. The molecule has 7 rings (SSSR count). The first kappa shape index (κ1) is 18.2. The topological polar surface area (TPSA) is 129 Å². The van der Waals surface area contributed by atoms with E-state index in [0.29, 0.717) is 16.8 Å². The van der Waals surface area contributed by atoms with Crippen LogP contribution in [-0.4, -0.2) is 43.0 Å². The molecule has 2 bridgehead atoms. The number of tetrazole rings is 1. The number of hydrogen-bond acceptors (Lipinski definition) is 7. The monoisotopic (exact) mass is 425 g/mol. The van der Waals surface area contributed by atoms with Gasteiger partial charge < -0.3 is 10.3 Å². The van der Waals surface area contributed by atoms with Crippen LogP contribution in [0.2, 0.25) is 0 Å². The number of hydrogen-bond donors (Lipinski definition) is 3. The summed E-state index contributed by atoms with van der Waals surface area (Å²) in [6, 6.07) is 0. The standard InChI is InChI=1S/C20H23N7O2S/c28-15-13-11-2-1-3-12(11)30-17(13)23-14(22-15)16(29)21-10-19-4-7-20(8-5-19,9-6-19)18-24-26-27-25-18/h1-10H2,(H,21,29)(H,22,23,28)(H,24,25,26,27). The summed E-state index contributed by atoms with van der Waals surface area (Å²) >= 11 is 1.56. The van der Waals surface area contributed by atoms with Crippen LogP contribution in [0.1, 0.15) is 71.8 Å². The Balaban J connectivity index is 1.17. The van der Waals surface area contributed by atoms with E-state index in [2.05, 4.69) is 35.9 Å². The Morgan fingerprint density at radius 2 is 1.93 bits per heavy atom. The molecule has 0 atom stereocenters. The fraction of sp³-hybridized carbons (Fsp3) is 0.600. The van der Waals surface area contributed by atoms with Gasteiger partial charge in [0.15, 0.2) is 5.82 Å². The Kier molecular flexibility index (Phi) is 3.90. The predicted molar refractivity (Wildman–Crippen MR) is 111 cm³/mol. The number of rotatable bonds is 4. The van der Waals surface area contributed by atoms with Crippen molar-refractivity contribution in [3.8, 4) is 0 Å². The molecule has 3 N–H and O–H groups in total. The molecular weight excluding hydrogens is 402 g/mol. The average Bonchev–Trinajstić information content (AvgIpc) is 3.51. The summed E-state index contributed by atoms with van der Waals surface area (Å²) in [5.74, 6) is 0.659. The van der Waals surface area contributed by atoms with Crippen molar-refractivity contribution in [2.45, 2.75) is 63.2 Å². The number of carbonyl (C=O) groups is 1. The molecule has 3 fully saturated rings. The van der Waals surface area contributed by atoms with Crippen LogP contribution in [0.4, 0.5) is 0 Å². The number of aromatic nitrogens is 6. The molecule has 0 unspecified atom stereocenters. The summed E-state index contributed by atoms with van der Waals surface area (Å²) in [5, 5.41) is 18.5. The van der Waals surface area contributed by atoms with Gasteiger partial charge in [-0.15, -0.1) is 21.5 Å². The van der Waals surface area contributed by atoms with Crippen LogP contribution in [-0.2, 0) is 18.3 Å². The van der Waals surface area contributed by atoms with E-state index >= 15 is 0 Å². The Morgan fingerprint density at radius 3 is 2.67 bits per heavy atom. The van der Waals surface area contributed by atoms with Crippen molar-refractivity contribution in [2.75, 3.05) is 6.54 Å². The molecule has 156 valence electrons. The van der Waals surface area contributed by atoms with Crippen LogP contribution in [0.15, 0.2) is 4.79 Å². The maximum atomic E-state index is 12.8. The van der Waals surface area contributed by atoms with Gasteiger partial charge >= 0.3 is 0 Å². The Morgan fingerprint density at radius 1 is 1.13 bits per heavy atom. The number of fused-ring (bicyclic) bond motifs is 6. The molecule has 0 aliphatic heterocycles. The van der Waals surface area contributed by atoms with Crippen LogP contribution in [0.25, 0.3) is 10.2 Å². The maximum absolute atomic E-state index is 12.8. The third kappa shape index (κ3) is 2.65. The van der Waals surface area contributed by atoms with Crippen LogP contribution in [0.3, 0.4) is 0 Å². The highest BCUT2D eigenvalue weighted by molar-refractivity contribution is 7.18. The summed E-state index contributed by atoms with van der Waals surface area (Å²) in [5.41, 5.74) is 1.08. The number of aryl methyl sites for hydroxylation is 2.